The molecule has 1 atom stereocenters. The summed E-state index contributed by atoms with van der Waals surface area (Å²) in [5, 5.41) is 2.93. The van der Waals surface area contributed by atoms with Crippen molar-refractivity contribution in [1.82, 2.24) is 0 Å². The number of rotatable bonds is 6. The molecule has 0 radical (unpaired) electrons. The van der Waals surface area contributed by atoms with Gasteiger partial charge in [-0.1, -0.05) is 26.0 Å². The van der Waals surface area contributed by atoms with Crippen molar-refractivity contribution in [1.29, 1.82) is 0 Å². The first-order valence-corrected chi connectivity index (χ1v) is 6.31. The fourth-order valence-electron chi connectivity index (χ4n) is 1.79. The predicted molar refractivity (Wildman–Crippen MR) is 71.9 cm³/mol. The topological polar surface area (TPSA) is 55.1 Å². The summed E-state index contributed by atoms with van der Waals surface area (Å²) in [7, 11) is 0. The van der Waals surface area contributed by atoms with E-state index in [0.717, 1.165) is 24.9 Å². The van der Waals surface area contributed by atoms with Crippen LogP contribution in [0.25, 0.3) is 0 Å². The van der Waals surface area contributed by atoms with Crippen molar-refractivity contribution in [2.75, 3.05) is 11.9 Å². The van der Waals surface area contributed by atoms with Gasteiger partial charge in [0.2, 0.25) is 5.91 Å². The zero-order valence-corrected chi connectivity index (χ0v) is 10.7. The van der Waals surface area contributed by atoms with Crippen LogP contribution in [0.4, 0.5) is 5.69 Å². The minimum absolute atomic E-state index is 0.0193. The van der Waals surface area contributed by atoms with E-state index in [0.29, 0.717) is 6.54 Å². The zero-order chi connectivity index (χ0) is 12.7. The lowest BCUT2D eigenvalue weighted by atomic mass is 10.0. The Bertz CT molecular complexity index is 346. The molecule has 1 aromatic rings. The van der Waals surface area contributed by atoms with Crippen LogP contribution in [0.2, 0.25) is 0 Å². The minimum atomic E-state index is 0.0193. The quantitative estimate of drug-likeness (QED) is 0.794. The van der Waals surface area contributed by atoms with Crippen molar-refractivity contribution >= 4 is 11.6 Å². The van der Waals surface area contributed by atoms with Gasteiger partial charge in [0, 0.05) is 11.6 Å². The first kappa shape index (κ1) is 13.7. The Morgan fingerprint density at radius 3 is 2.41 bits per heavy atom. The Morgan fingerprint density at radius 1 is 1.29 bits per heavy atom. The van der Waals surface area contributed by atoms with Gasteiger partial charge < -0.3 is 11.1 Å². The van der Waals surface area contributed by atoms with E-state index in [1.807, 2.05) is 31.2 Å². The van der Waals surface area contributed by atoms with Crippen LogP contribution in [0.5, 0.6) is 0 Å². The fraction of sp³-hybridized carbons (Fsp3) is 0.500. The van der Waals surface area contributed by atoms with E-state index in [9.17, 15) is 4.79 Å². The van der Waals surface area contributed by atoms with Crippen molar-refractivity contribution in [3.05, 3.63) is 29.8 Å². The maximum absolute atomic E-state index is 11.9. The summed E-state index contributed by atoms with van der Waals surface area (Å²) in [6.07, 6.45) is 2.59. The molecule has 1 unspecified atom stereocenters. The lowest BCUT2D eigenvalue weighted by Gasteiger charge is -2.14. The lowest BCUT2D eigenvalue weighted by molar-refractivity contribution is -0.120. The van der Waals surface area contributed by atoms with Crippen LogP contribution in [0.3, 0.4) is 0 Å². The normalized spacial score (nSPS) is 12.2. The third-order valence-corrected chi connectivity index (χ3v) is 3.01. The number of anilines is 1. The Balaban J connectivity index is 2.59. The van der Waals surface area contributed by atoms with Crippen LogP contribution < -0.4 is 11.1 Å². The van der Waals surface area contributed by atoms with Crippen molar-refractivity contribution in [3.8, 4) is 0 Å². The highest BCUT2D eigenvalue weighted by Crippen LogP contribution is 2.14. The molecule has 0 aliphatic carbocycles. The SMILES string of the molecule is CCc1ccc(NC(=O)C(CC)CCN)cc1. The number of amides is 1. The molecule has 0 spiro atoms. The summed E-state index contributed by atoms with van der Waals surface area (Å²) in [6, 6.07) is 7.98. The summed E-state index contributed by atoms with van der Waals surface area (Å²) < 4.78 is 0. The molecular weight excluding hydrogens is 212 g/mol. The molecule has 1 aromatic carbocycles. The highest BCUT2D eigenvalue weighted by atomic mass is 16.1. The second-order valence-corrected chi connectivity index (χ2v) is 4.22. The highest BCUT2D eigenvalue weighted by Gasteiger charge is 2.15. The van der Waals surface area contributed by atoms with Gasteiger partial charge in [-0.3, -0.25) is 4.79 Å². The van der Waals surface area contributed by atoms with Crippen molar-refractivity contribution < 1.29 is 4.79 Å². The van der Waals surface area contributed by atoms with Gasteiger partial charge >= 0.3 is 0 Å². The molecule has 1 amide bonds. The molecule has 0 aliphatic rings. The van der Waals surface area contributed by atoms with E-state index in [1.54, 1.807) is 0 Å². The summed E-state index contributed by atoms with van der Waals surface area (Å²) >= 11 is 0. The van der Waals surface area contributed by atoms with Crippen molar-refractivity contribution in [2.24, 2.45) is 11.7 Å². The van der Waals surface area contributed by atoms with Gasteiger partial charge in [0.15, 0.2) is 0 Å². The molecule has 0 saturated carbocycles. The molecule has 3 nitrogen and oxygen atoms in total. The molecule has 0 saturated heterocycles. The zero-order valence-electron chi connectivity index (χ0n) is 10.7. The van der Waals surface area contributed by atoms with E-state index < -0.39 is 0 Å². The number of nitrogens with two attached hydrogens (primary N) is 1. The molecule has 3 heteroatoms. The second-order valence-electron chi connectivity index (χ2n) is 4.22. The molecule has 0 aliphatic heterocycles. The summed E-state index contributed by atoms with van der Waals surface area (Å²) in [5.74, 6) is 0.0908. The first-order chi connectivity index (χ1) is 8.21. The smallest absolute Gasteiger partial charge is 0.227 e. The summed E-state index contributed by atoms with van der Waals surface area (Å²) in [4.78, 5) is 11.9. The predicted octanol–water partition coefficient (Wildman–Crippen LogP) is 2.56. The number of benzene rings is 1. The fourth-order valence-corrected chi connectivity index (χ4v) is 1.79. The van der Waals surface area contributed by atoms with Crippen molar-refractivity contribution in [3.63, 3.8) is 0 Å². The van der Waals surface area contributed by atoms with E-state index in [2.05, 4.69) is 12.2 Å². The molecule has 0 aromatic heterocycles. The summed E-state index contributed by atoms with van der Waals surface area (Å²) in [6.45, 7) is 4.68. The van der Waals surface area contributed by atoms with Gasteiger partial charge in [-0.15, -0.1) is 0 Å². The number of hydrogen-bond acceptors (Lipinski definition) is 2. The minimum Gasteiger partial charge on any atom is -0.330 e. The van der Waals surface area contributed by atoms with Crippen LogP contribution >= 0.6 is 0 Å². The van der Waals surface area contributed by atoms with Gasteiger partial charge in [-0.2, -0.15) is 0 Å². The Kier molecular flexibility index (Phi) is 5.70. The van der Waals surface area contributed by atoms with E-state index >= 15 is 0 Å². The first-order valence-electron chi connectivity index (χ1n) is 6.31. The molecule has 1 rings (SSSR count). The monoisotopic (exact) mass is 234 g/mol. The highest BCUT2D eigenvalue weighted by molar-refractivity contribution is 5.92. The van der Waals surface area contributed by atoms with Crippen LogP contribution in [-0.2, 0) is 11.2 Å². The molecule has 17 heavy (non-hydrogen) atoms. The molecule has 94 valence electrons. The standard InChI is InChI=1S/C14H22N2O/c1-3-11-5-7-13(8-6-11)16-14(17)12(4-2)9-10-15/h5-8,12H,3-4,9-10,15H2,1-2H3,(H,16,17). The third kappa shape index (κ3) is 4.19. The van der Waals surface area contributed by atoms with Crippen molar-refractivity contribution in [2.45, 2.75) is 33.1 Å². The van der Waals surface area contributed by atoms with Gasteiger partial charge in [0.1, 0.15) is 0 Å². The van der Waals surface area contributed by atoms with Gasteiger partial charge in [0.05, 0.1) is 0 Å². The second kappa shape index (κ2) is 7.07. The number of nitrogens with one attached hydrogen (secondary N) is 1. The van der Waals surface area contributed by atoms with Crippen LogP contribution in [0, 0.1) is 5.92 Å². The number of carbonyl (C=O) groups excluding carboxylic acids is 1. The Morgan fingerprint density at radius 2 is 1.94 bits per heavy atom. The molecule has 0 heterocycles. The average molecular weight is 234 g/mol. The number of aryl methyl sites for hydroxylation is 1. The maximum atomic E-state index is 11.9. The number of carbonyl (C=O) groups is 1. The third-order valence-electron chi connectivity index (χ3n) is 3.01. The van der Waals surface area contributed by atoms with Gasteiger partial charge in [-0.05, 0) is 43.5 Å². The maximum Gasteiger partial charge on any atom is 0.227 e. The van der Waals surface area contributed by atoms with Gasteiger partial charge in [0.25, 0.3) is 0 Å². The van der Waals surface area contributed by atoms with Crippen LogP contribution in [0.1, 0.15) is 32.3 Å². The molecule has 3 N–H and O–H groups in total. The Labute approximate surface area is 103 Å². The van der Waals surface area contributed by atoms with E-state index in [-0.39, 0.29) is 11.8 Å². The lowest BCUT2D eigenvalue weighted by Crippen LogP contribution is -2.24. The van der Waals surface area contributed by atoms with Gasteiger partial charge in [-0.25, -0.2) is 0 Å². The average Bonchev–Trinajstić information content (AvgIpc) is 2.36. The molecular formula is C14H22N2O. The van der Waals surface area contributed by atoms with Crippen LogP contribution in [0.15, 0.2) is 24.3 Å². The van der Waals surface area contributed by atoms with E-state index in [4.69, 9.17) is 5.73 Å². The summed E-state index contributed by atoms with van der Waals surface area (Å²) in [5.41, 5.74) is 7.63. The van der Waals surface area contributed by atoms with Crippen LogP contribution in [-0.4, -0.2) is 12.5 Å². The number of hydrogen-bond donors (Lipinski definition) is 2. The molecule has 0 fully saturated rings. The molecule has 0 bridgehead atoms. The van der Waals surface area contributed by atoms with E-state index in [1.165, 1.54) is 5.56 Å². The largest absolute Gasteiger partial charge is 0.330 e. The Hall–Kier alpha value is -1.35.